The van der Waals surface area contributed by atoms with Crippen molar-refractivity contribution in [1.82, 2.24) is 9.97 Å². The van der Waals surface area contributed by atoms with Crippen molar-refractivity contribution in [2.24, 2.45) is 0 Å². The summed E-state index contributed by atoms with van der Waals surface area (Å²) in [7, 11) is 0. The van der Waals surface area contributed by atoms with Crippen molar-refractivity contribution in [3.05, 3.63) is 64.2 Å². The second-order valence-electron chi connectivity index (χ2n) is 3.30. The van der Waals surface area contributed by atoms with E-state index in [4.69, 9.17) is 0 Å². The maximum atomic E-state index is 10.4. The van der Waals surface area contributed by atoms with Gasteiger partial charge in [-0.2, -0.15) is 0 Å². The zero-order valence-electron chi connectivity index (χ0n) is 8.85. The highest BCUT2D eigenvalue weighted by atomic mass is 16.6. The van der Waals surface area contributed by atoms with E-state index in [2.05, 4.69) is 9.97 Å². The number of nitrogens with zero attached hydrogens (tertiary/aromatic N) is 3. The minimum atomic E-state index is -0.523. The lowest BCUT2D eigenvalue weighted by Gasteiger charge is -1.93. The number of aromatic nitrogens is 2. The second-order valence-corrected chi connectivity index (χ2v) is 3.30. The molecule has 0 aliphatic carbocycles. The zero-order valence-corrected chi connectivity index (χ0v) is 8.85. The highest BCUT2D eigenvalue weighted by Crippen LogP contribution is 2.08. The molecule has 0 atom stereocenters. The molecule has 1 aromatic carbocycles. The van der Waals surface area contributed by atoms with E-state index in [1.165, 1.54) is 12.4 Å². The standard InChI is InChI=1S/C12H9N3O2/c16-15(17)11-8-13-12(14-9-11)7-6-10-4-2-1-3-5-10/h1-9H/b7-6+. The van der Waals surface area contributed by atoms with Crippen LogP contribution in [0.15, 0.2) is 42.7 Å². The summed E-state index contributed by atoms with van der Waals surface area (Å²) in [4.78, 5) is 17.6. The van der Waals surface area contributed by atoms with Gasteiger partial charge < -0.3 is 0 Å². The van der Waals surface area contributed by atoms with E-state index in [0.29, 0.717) is 5.82 Å². The van der Waals surface area contributed by atoms with Crippen molar-refractivity contribution in [2.45, 2.75) is 0 Å². The topological polar surface area (TPSA) is 68.9 Å². The smallest absolute Gasteiger partial charge is 0.258 e. The Morgan fingerprint density at radius 2 is 1.71 bits per heavy atom. The zero-order chi connectivity index (χ0) is 12.1. The molecule has 5 nitrogen and oxygen atoms in total. The normalized spacial score (nSPS) is 10.6. The van der Waals surface area contributed by atoms with Gasteiger partial charge in [0.05, 0.1) is 4.92 Å². The third-order valence-electron chi connectivity index (χ3n) is 2.09. The average molecular weight is 227 g/mol. The number of hydrogen-bond acceptors (Lipinski definition) is 4. The summed E-state index contributed by atoms with van der Waals surface area (Å²) in [5.41, 5.74) is 0.913. The Labute approximate surface area is 97.6 Å². The molecule has 0 unspecified atom stereocenters. The molecule has 0 N–H and O–H groups in total. The Hall–Kier alpha value is -2.56. The van der Waals surface area contributed by atoms with Gasteiger partial charge in [0.1, 0.15) is 12.4 Å². The van der Waals surface area contributed by atoms with Crippen LogP contribution < -0.4 is 0 Å². The SMILES string of the molecule is O=[N+]([O-])c1cnc(/C=C/c2ccccc2)nc1. The molecule has 0 bridgehead atoms. The van der Waals surface area contributed by atoms with Gasteiger partial charge in [-0.3, -0.25) is 10.1 Å². The maximum Gasteiger partial charge on any atom is 0.305 e. The Kier molecular flexibility index (Phi) is 3.20. The fraction of sp³-hybridized carbons (Fsp3) is 0. The summed E-state index contributed by atoms with van der Waals surface area (Å²) < 4.78 is 0. The molecule has 1 heterocycles. The highest BCUT2D eigenvalue weighted by Gasteiger charge is 2.04. The molecule has 0 saturated carbocycles. The molecule has 0 aliphatic heterocycles. The van der Waals surface area contributed by atoms with Crippen LogP contribution in [0.4, 0.5) is 5.69 Å². The first-order valence-corrected chi connectivity index (χ1v) is 4.95. The first-order chi connectivity index (χ1) is 8.25. The maximum absolute atomic E-state index is 10.4. The van der Waals surface area contributed by atoms with E-state index in [1.807, 2.05) is 36.4 Å². The minimum absolute atomic E-state index is 0.109. The first-order valence-electron chi connectivity index (χ1n) is 4.95. The van der Waals surface area contributed by atoms with E-state index in [-0.39, 0.29) is 5.69 Å². The first kappa shape index (κ1) is 10.9. The fourth-order valence-electron chi connectivity index (χ4n) is 1.25. The van der Waals surface area contributed by atoms with Gasteiger partial charge in [-0.15, -0.1) is 0 Å². The summed E-state index contributed by atoms with van der Waals surface area (Å²) in [6.45, 7) is 0. The third kappa shape index (κ3) is 2.94. The largest absolute Gasteiger partial charge is 0.305 e. The van der Waals surface area contributed by atoms with Crippen molar-refractivity contribution >= 4 is 17.8 Å². The molecule has 1 aromatic heterocycles. The van der Waals surface area contributed by atoms with Gasteiger partial charge in [0, 0.05) is 0 Å². The quantitative estimate of drug-likeness (QED) is 0.596. The lowest BCUT2D eigenvalue weighted by Crippen LogP contribution is -1.92. The van der Waals surface area contributed by atoms with Crippen LogP contribution in [0.25, 0.3) is 12.2 Å². The van der Waals surface area contributed by atoms with Gasteiger partial charge >= 0.3 is 5.69 Å². The van der Waals surface area contributed by atoms with Crippen molar-refractivity contribution in [3.8, 4) is 0 Å². The Morgan fingerprint density at radius 3 is 2.29 bits per heavy atom. The molecule has 0 aliphatic rings. The molecule has 2 rings (SSSR count). The van der Waals surface area contributed by atoms with Crippen LogP contribution >= 0.6 is 0 Å². The van der Waals surface area contributed by atoms with E-state index >= 15 is 0 Å². The molecule has 17 heavy (non-hydrogen) atoms. The van der Waals surface area contributed by atoms with Crippen molar-refractivity contribution in [3.63, 3.8) is 0 Å². The van der Waals surface area contributed by atoms with Crippen LogP contribution in [-0.4, -0.2) is 14.9 Å². The molecule has 0 fully saturated rings. The summed E-state index contributed by atoms with van der Waals surface area (Å²) >= 11 is 0. The van der Waals surface area contributed by atoms with Crippen LogP contribution in [0.2, 0.25) is 0 Å². The van der Waals surface area contributed by atoms with Gasteiger partial charge in [0.2, 0.25) is 0 Å². The molecule has 84 valence electrons. The number of benzene rings is 1. The van der Waals surface area contributed by atoms with Crippen LogP contribution in [0, 0.1) is 10.1 Å². The summed E-state index contributed by atoms with van der Waals surface area (Å²) in [5, 5.41) is 10.4. The van der Waals surface area contributed by atoms with Crippen molar-refractivity contribution in [1.29, 1.82) is 0 Å². The molecule has 0 radical (unpaired) electrons. The Balaban J connectivity index is 2.14. The van der Waals surface area contributed by atoms with Gasteiger partial charge in [-0.1, -0.05) is 36.4 Å². The number of hydrogen-bond donors (Lipinski definition) is 0. The molecule has 2 aromatic rings. The summed E-state index contributed by atoms with van der Waals surface area (Å²) in [6, 6.07) is 9.68. The third-order valence-corrected chi connectivity index (χ3v) is 2.09. The van der Waals surface area contributed by atoms with Crippen LogP contribution in [0.5, 0.6) is 0 Å². The van der Waals surface area contributed by atoms with Gasteiger partial charge in [-0.05, 0) is 11.6 Å². The molecule has 0 spiro atoms. The number of nitro groups is 1. The second kappa shape index (κ2) is 4.98. The molecule has 0 saturated heterocycles. The molecule has 5 heteroatoms. The number of rotatable bonds is 3. The Morgan fingerprint density at radius 1 is 1.06 bits per heavy atom. The van der Waals surface area contributed by atoms with Crippen LogP contribution in [0.3, 0.4) is 0 Å². The lowest BCUT2D eigenvalue weighted by atomic mass is 10.2. The van der Waals surface area contributed by atoms with E-state index < -0.39 is 4.92 Å². The van der Waals surface area contributed by atoms with E-state index in [1.54, 1.807) is 6.08 Å². The summed E-state index contributed by atoms with van der Waals surface area (Å²) in [6.07, 6.45) is 5.94. The van der Waals surface area contributed by atoms with Crippen LogP contribution in [-0.2, 0) is 0 Å². The van der Waals surface area contributed by atoms with Gasteiger partial charge in [0.15, 0.2) is 5.82 Å². The minimum Gasteiger partial charge on any atom is -0.258 e. The van der Waals surface area contributed by atoms with E-state index in [9.17, 15) is 10.1 Å². The predicted octanol–water partition coefficient (Wildman–Crippen LogP) is 2.56. The van der Waals surface area contributed by atoms with Crippen molar-refractivity contribution < 1.29 is 4.92 Å². The predicted molar refractivity (Wildman–Crippen MR) is 64.1 cm³/mol. The van der Waals surface area contributed by atoms with Gasteiger partial charge in [-0.25, -0.2) is 9.97 Å². The monoisotopic (exact) mass is 227 g/mol. The molecule has 0 amide bonds. The Bertz CT molecular complexity index is 535. The average Bonchev–Trinajstić information content (AvgIpc) is 2.38. The summed E-state index contributed by atoms with van der Waals surface area (Å²) in [5.74, 6) is 0.444. The molecular formula is C12H9N3O2. The van der Waals surface area contributed by atoms with Gasteiger partial charge in [0.25, 0.3) is 0 Å². The fourth-order valence-corrected chi connectivity index (χ4v) is 1.25. The highest BCUT2D eigenvalue weighted by molar-refractivity contribution is 5.66. The van der Waals surface area contributed by atoms with E-state index in [0.717, 1.165) is 5.56 Å². The molecular weight excluding hydrogens is 218 g/mol. The van der Waals surface area contributed by atoms with Crippen molar-refractivity contribution in [2.75, 3.05) is 0 Å². The van der Waals surface area contributed by atoms with Crippen LogP contribution in [0.1, 0.15) is 11.4 Å². The lowest BCUT2D eigenvalue weighted by molar-refractivity contribution is -0.385.